The molecule has 1 saturated carbocycles. The van der Waals surface area contributed by atoms with Crippen LogP contribution in [0.2, 0.25) is 0 Å². The lowest BCUT2D eigenvalue weighted by Gasteiger charge is -2.36. The van der Waals surface area contributed by atoms with Crippen molar-refractivity contribution >= 4 is 21.6 Å². The molecule has 82 valence electrons. The molecule has 1 aliphatic carbocycles. The average Bonchev–Trinajstić information content (AvgIpc) is 2.30. The Morgan fingerprint density at radius 1 is 1.27 bits per heavy atom. The maximum absolute atomic E-state index is 4.05. The normalized spacial score (nSPS) is 26.3. The molecule has 3 heteroatoms. The summed E-state index contributed by atoms with van der Waals surface area (Å²) in [5.74, 6) is 0. The van der Waals surface area contributed by atoms with Gasteiger partial charge in [0, 0.05) is 36.0 Å². The van der Waals surface area contributed by atoms with Crippen molar-refractivity contribution in [2.75, 3.05) is 11.9 Å². The van der Waals surface area contributed by atoms with Crippen LogP contribution >= 0.6 is 15.9 Å². The van der Waals surface area contributed by atoms with E-state index >= 15 is 0 Å². The first-order chi connectivity index (χ1) is 7.29. The summed E-state index contributed by atoms with van der Waals surface area (Å²) in [5.41, 5.74) is 1.27. The van der Waals surface area contributed by atoms with Crippen LogP contribution in [0.4, 0.5) is 5.69 Å². The molecule has 2 atom stereocenters. The summed E-state index contributed by atoms with van der Waals surface area (Å²) in [5, 5.41) is 0. The van der Waals surface area contributed by atoms with Gasteiger partial charge in [-0.05, 0) is 25.0 Å². The minimum Gasteiger partial charge on any atom is -0.370 e. The van der Waals surface area contributed by atoms with Gasteiger partial charge in [0.2, 0.25) is 0 Å². The Kier molecular flexibility index (Phi) is 3.62. The van der Waals surface area contributed by atoms with E-state index in [1.165, 1.54) is 31.4 Å². The Morgan fingerprint density at radius 3 is 2.60 bits per heavy atom. The summed E-state index contributed by atoms with van der Waals surface area (Å²) < 4.78 is 0. The van der Waals surface area contributed by atoms with E-state index in [1.807, 2.05) is 12.4 Å². The molecule has 2 nitrogen and oxygen atoms in total. The lowest BCUT2D eigenvalue weighted by molar-refractivity contribution is 0.444. The quantitative estimate of drug-likeness (QED) is 0.766. The number of hydrogen-bond donors (Lipinski definition) is 0. The van der Waals surface area contributed by atoms with Crippen molar-refractivity contribution in [1.29, 1.82) is 0 Å². The second kappa shape index (κ2) is 4.97. The van der Waals surface area contributed by atoms with Crippen molar-refractivity contribution in [2.45, 2.75) is 36.6 Å². The Bertz CT molecular complexity index is 302. The monoisotopic (exact) mass is 268 g/mol. The van der Waals surface area contributed by atoms with Crippen molar-refractivity contribution in [1.82, 2.24) is 4.98 Å². The molecule has 2 unspecified atom stereocenters. The zero-order chi connectivity index (χ0) is 10.7. The number of halogens is 1. The third kappa shape index (κ3) is 2.51. The van der Waals surface area contributed by atoms with E-state index in [-0.39, 0.29) is 0 Å². The van der Waals surface area contributed by atoms with Gasteiger partial charge in [-0.25, -0.2) is 0 Å². The number of pyridine rings is 1. The van der Waals surface area contributed by atoms with Crippen LogP contribution in [0.1, 0.15) is 25.7 Å². The van der Waals surface area contributed by atoms with E-state index in [0.29, 0.717) is 10.9 Å². The first-order valence-electron chi connectivity index (χ1n) is 5.56. The third-order valence-electron chi connectivity index (χ3n) is 3.21. The molecule has 2 rings (SSSR count). The van der Waals surface area contributed by atoms with Crippen LogP contribution in [0.15, 0.2) is 24.5 Å². The first kappa shape index (κ1) is 10.9. The van der Waals surface area contributed by atoms with Gasteiger partial charge in [0.05, 0.1) is 0 Å². The van der Waals surface area contributed by atoms with E-state index < -0.39 is 0 Å². The fourth-order valence-corrected chi connectivity index (χ4v) is 3.22. The molecule has 1 fully saturated rings. The van der Waals surface area contributed by atoms with Gasteiger partial charge in [-0.3, -0.25) is 4.98 Å². The van der Waals surface area contributed by atoms with Crippen LogP contribution in [-0.4, -0.2) is 22.9 Å². The zero-order valence-electron chi connectivity index (χ0n) is 9.06. The van der Waals surface area contributed by atoms with Crippen LogP contribution in [-0.2, 0) is 0 Å². The number of aromatic nitrogens is 1. The van der Waals surface area contributed by atoms with Crippen LogP contribution in [0.25, 0.3) is 0 Å². The topological polar surface area (TPSA) is 16.1 Å². The van der Waals surface area contributed by atoms with Gasteiger partial charge >= 0.3 is 0 Å². The Balaban J connectivity index is 2.09. The molecule has 0 radical (unpaired) electrons. The third-order valence-corrected chi connectivity index (χ3v) is 4.28. The molecule has 0 amide bonds. The van der Waals surface area contributed by atoms with Crippen molar-refractivity contribution in [3.8, 4) is 0 Å². The van der Waals surface area contributed by atoms with E-state index in [0.717, 1.165) is 0 Å². The fraction of sp³-hybridized carbons (Fsp3) is 0.583. The zero-order valence-corrected chi connectivity index (χ0v) is 10.7. The predicted octanol–water partition coefficient (Wildman–Crippen LogP) is 3.22. The average molecular weight is 269 g/mol. The summed E-state index contributed by atoms with van der Waals surface area (Å²) in [6.45, 7) is 0. The van der Waals surface area contributed by atoms with Crippen molar-refractivity contribution in [3.63, 3.8) is 0 Å². The molecule has 0 N–H and O–H groups in total. The first-order valence-corrected chi connectivity index (χ1v) is 6.47. The van der Waals surface area contributed by atoms with Gasteiger partial charge in [-0.1, -0.05) is 28.8 Å². The number of rotatable bonds is 2. The Labute approximate surface area is 99.8 Å². The Hall–Kier alpha value is -0.570. The summed E-state index contributed by atoms with van der Waals surface area (Å²) in [4.78, 5) is 7.06. The van der Waals surface area contributed by atoms with E-state index in [1.54, 1.807) is 0 Å². The molecule has 0 saturated heterocycles. The summed E-state index contributed by atoms with van der Waals surface area (Å²) >= 11 is 3.80. The van der Waals surface area contributed by atoms with Crippen molar-refractivity contribution in [2.24, 2.45) is 0 Å². The molecular formula is C12H17BrN2. The fourth-order valence-electron chi connectivity index (χ4n) is 2.27. The molecule has 0 bridgehead atoms. The van der Waals surface area contributed by atoms with Crippen LogP contribution in [0, 0.1) is 0 Å². The maximum Gasteiger partial charge on any atom is 0.0411 e. The molecule has 0 spiro atoms. The minimum absolute atomic E-state index is 0.626. The number of hydrogen-bond acceptors (Lipinski definition) is 2. The van der Waals surface area contributed by atoms with Crippen molar-refractivity contribution < 1.29 is 0 Å². The number of anilines is 1. The molecule has 15 heavy (non-hydrogen) atoms. The lowest BCUT2D eigenvalue weighted by Crippen LogP contribution is -2.40. The van der Waals surface area contributed by atoms with Gasteiger partial charge in [-0.15, -0.1) is 0 Å². The van der Waals surface area contributed by atoms with Gasteiger partial charge in [0.15, 0.2) is 0 Å². The van der Waals surface area contributed by atoms with Crippen molar-refractivity contribution in [3.05, 3.63) is 24.5 Å². The number of alkyl halides is 1. The van der Waals surface area contributed by atoms with Gasteiger partial charge in [-0.2, -0.15) is 0 Å². The molecule has 0 aromatic carbocycles. The predicted molar refractivity (Wildman–Crippen MR) is 67.6 cm³/mol. The number of nitrogens with zero attached hydrogens (tertiary/aromatic N) is 2. The standard InChI is InChI=1S/C12H17BrN2/c1-15(10-6-8-14-9-7-10)12-5-3-2-4-11(12)13/h6-9,11-12H,2-5H2,1H3. The molecule has 0 aliphatic heterocycles. The summed E-state index contributed by atoms with van der Waals surface area (Å²) in [6, 6.07) is 4.78. The molecular weight excluding hydrogens is 252 g/mol. The molecule has 1 aliphatic rings. The van der Waals surface area contributed by atoms with Gasteiger partial charge < -0.3 is 4.90 Å². The highest BCUT2D eigenvalue weighted by atomic mass is 79.9. The lowest BCUT2D eigenvalue weighted by atomic mass is 9.94. The second-order valence-corrected chi connectivity index (χ2v) is 5.36. The highest BCUT2D eigenvalue weighted by Gasteiger charge is 2.26. The van der Waals surface area contributed by atoms with Gasteiger partial charge in [0.1, 0.15) is 0 Å². The molecule has 1 aromatic heterocycles. The van der Waals surface area contributed by atoms with Crippen LogP contribution in [0.5, 0.6) is 0 Å². The van der Waals surface area contributed by atoms with Crippen LogP contribution in [0.3, 0.4) is 0 Å². The maximum atomic E-state index is 4.05. The van der Waals surface area contributed by atoms with Gasteiger partial charge in [0.25, 0.3) is 0 Å². The SMILES string of the molecule is CN(c1ccncc1)C1CCCCC1Br. The minimum atomic E-state index is 0.626. The van der Waals surface area contributed by atoms with Crippen LogP contribution < -0.4 is 4.90 Å². The smallest absolute Gasteiger partial charge is 0.0411 e. The highest BCUT2D eigenvalue weighted by Crippen LogP contribution is 2.30. The summed E-state index contributed by atoms with van der Waals surface area (Å²) in [7, 11) is 2.18. The molecule has 1 aromatic rings. The largest absolute Gasteiger partial charge is 0.370 e. The highest BCUT2D eigenvalue weighted by molar-refractivity contribution is 9.09. The van der Waals surface area contributed by atoms with E-state index in [2.05, 4.69) is 45.0 Å². The summed E-state index contributed by atoms with van der Waals surface area (Å²) in [6.07, 6.45) is 9.00. The second-order valence-electron chi connectivity index (χ2n) is 4.18. The Morgan fingerprint density at radius 2 is 1.93 bits per heavy atom. The van der Waals surface area contributed by atoms with E-state index in [4.69, 9.17) is 0 Å². The van der Waals surface area contributed by atoms with E-state index in [9.17, 15) is 0 Å². The molecule has 1 heterocycles.